The molecule has 55 heavy (non-hydrogen) atoms. The van der Waals surface area contributed by atoms with Crippen LogP contribution in [-0.2, 0) is 20.3 Å². The number of benzene rings is 6. The Morgan fingerprint density at radius 2 is 0.855 bits per heavy atom. The minimum absolute atomic E-state index is 0. The zero-order chi connectivity index (χ0) is 35.8. The van der Waals surface area contributed by atoms with Gasteiger partial charge >= 0.3 is 324 Å². The number of rotatable bonds is 8. The first kappa shape index (κ1) is 38.6. The fourth-order valence-corrected chi connectivity index (χ4v) is 35.1. The first-order valence-corrected chi connectivity index (χ1v) is 26.3. The molecule has 0 nitrogen and oxygen atoms in total. The van der Waals surface area contributed by atoms with Crippen LogP contribution in [-0.4, -0.2) is 0 Å². The molecule has 278 valence electrons. The molecule has 4 aliphatic rings. The Morgan fingerprint density at radius 1 is 0.473 bits per heavy atom. The second-order valence-corrected chi connectivity index (χ2v) is 29.1. The van der Waals surface area contributed by atoms with Gasteiger partial charge in [-0.05, 0) is 0 Å². The smallest absolute Gasteiger partial charge is 1.00 e. The standard InChI is InChI=1S/2C23H21.C6H10.2ClH.Zr/c2*1-16(2)13-17-14-19-9-6-12-22(23(19)15-17)21-11-5-8-18-7-3-4-10-20(18)21;1-2-4-6-5-3-1;;;/h2*3-12,14-16H,13H2,1-2H3;1-2H,3-6H2;2*1H;/q;;;;;+2/p-2. The molecule has 1 heterocycles. The second kappa shape index (κ2) is 15.3. The van der Waals surface area contributed by atoms with Crippen LogP contribution in [0.4, 0.5) is 0 Å². The topological polar surface area (TPSA) is 0 Å². The normalized spacial score (nSPS) is 22.3. The summed E-state index contributed by atoms with van der Waals surface area (Å²) < 4.78 is 3.24. The average molecular weight is 839 g/mol. The van der Waals surface area contributed by atoms with Crippen LogP contribution in [0, 0.1) is 11.8 Å². The van der Waals surface area contributed by atoms with Crippen molar-refractivity contribution in [3.63, 3.8) is 0 Å². The molecule has 1 aliphatic heterocycles. The zero-order valence-electron chi connectivity index (χ0n) is 32.7. The molecule has 6 aromatic rings. The van der Waals surface area contributed by atoms with E-state index in [4.69, 9.17) is 0 Å². The predicted molar refractivity (Wildman–Crippen MR) is 225 cm³/mol. The molecule has 0 aromatic heterocycles. The first-order chi connectivity index (χ1) is 25.9. The van der Waals surface area contributed by atoms with Gasteiger partial charge in [0.05, 0.1) is 0 Å². The summed E-state index contributed by atoms with van der Waals surface area (Å²) in [6.07, 6.45) is 13.7. The number of fused-ring (bicyclic) bond motifs is 5. The fraction of sp³-hybridized carbons (Fsp3) is 0.308. The van der Waals surface area contributed by atoms with Crippen molar-refractivity contribution in [1.82, 2.24) is 0 Å². The van der Waals surface area contributed by atoms with Crippen LogP contribution in [0.3, 0.4) is 0 Å². The van der Waals surface area contributed by atoms with Crippen LogP contribution in [0.15, 0.2) is 132 Å². The third kappa shape index (κ3) is 6.19. The summed E-state index contributed by atoms with van der Waals surface area (Å²) in [6.45, 7) is 9.83. The van der Waals surface area contributed by atoms with Gasteiger partial charge in [0.2, 0.25) is 0 Å². The van der Waals surface area contributed by atoms with Gasteiger partial charge in [-0.15, -0.1) is 0 Å². The molecule has 0 radical (unpaired) electrons. The molecule has 0 spiro atoms. The van der Waals surface area contributed by atoms with E-state index in [1.165, 1.54) is 82.3 Å². The van der Waals surface area contributed by atoms with Gasteiger partial charge in [0.25, 0.3) is 0 Å². The van der Waals surface area contributed by atoms with Crippen LogP contribution in [0.2, 0.25) is 7.25 Å². The van der Waals surface area contributed by atoms with Crippen LogP contribution >= 0.6 is 0 Å². The molecule has 2 fully saturated rings. The van der Waals surface area contributed by atoms with Gasteiger partial charge in [0, 0.05) is 0 Å². The second-order valence-electron chi connectivity index (χ2n) is 17.7. The molecule has 6 aromatic carbocycles. The molecular weight excluding hydrogens is 787 g/mol. The van der Waals surface area contributed by atoms with Crippen molar-refractivity contribution in [2.24, 2.45) is 11.8 Å². The Bertz CT molecular complexity index is 2280. The average Bonchev–Trinajstić information content (AvgIpc) is 3.44. The van der Waals surface area contributed by atoms with Gasteiger partial charge in [-0.25, -0.2) is 0 Å². The van der Waals surface area contributed by atoms with E-state index < -0.39 is 20.3 Å². The molecule has 4 unspecified atom stereocenters. The minimum atomic E-state index is -3.18. The van der Waals surface area contributed by atoms with E-state index in [2.05, 4.69) is 161 Å². The van der Waals surface area contributed by atoms with Crippen LogP contribution in [0.1, 0.15) is 95.7 Å². The van der Waals surface area contributed by atoms with Gasteiger partial charge < -0.3 is 24.8 Å². The molecule has 0 N–H and O–H groups in total. The Balaban J connectivity index is 0.00000214. The summed E-state index contributed by atoms with van der Waals surface area (Å²) in [6, 6.07) is 46.7. The minimum Gasteiger partial charge on any atom is -1.00 e. The van der Waals surface area contributed by atoms with Crippen molar-refractivity contribution >= 4 is 33.7 Å². The Labute approximate surface area is 345 Å². The van der Waals surface area contributed by atoms with E-state index >= 15 is 0 Å². The van der Waals surface area contributed by atoms with E-state index in [9.17, 15) is 0 Å². The van der Waals surface area contributed by atoms with Crippen molar-refractivity contribution in [3.05, 3.63) is 155 Å². The summed E-state index contributed by atoms with van der Waals surface area (Å²) in [4.78, 5) is 0. The van der Waals surface area contributed by atoms with Gasteiger partial charge in [0.15, 0.2) is 0 Å². The van der Waals surface area contributed by atoms with E-state index in [1.54, 1.807) is 33.4 Å². The molecule has 3 aliphatic carbocycles. The molecule has 1 saturated heterocycles. The number of hydrogen-bond donors (Lipinski definition) is 0. The van der Waals surface area contributed by atoms with Crippen molar-refractivity contribution in [1.29, 1.82) is 0 Å². The molecule has 4 atom stereocenters. The third-order valence-corrected chi connectivity index (χ3v) is 30.7. The maximum Gasteiger partial charge on any atom is -1.00 e. The zero-order valence-corrected chi connectivity index (χ0v) is 36.6. The molecular formula is C52H52Cl2Zr. The quantitative estimate of drug-likeness (QED) is 0.144. The number of hydrogen-bond acceptors (Lipinski definition) is 0. The van der Waals surface area contributed by atoms with Crippen molar-refractivity contribution in [3.8, 4) is 22.3 Å². The molecule has 1 saturated carbocycles. The number of halogens is 2. The van der Waals surface area contributed by atoms with Crippen molar-refractivity contribution in [2.75, 3.05) is 0 Å². The Morgan fingerprint density at radius 3 is 1.29 bits per heavy atom. The maximum absolute atomic E-state index is 3.18. The summed E-state index contributed by atoms with van der Waals surface area (Å²) in [7, 11) is 0. The molecule has 0 bridgehead atoms. The van der Waals surface area contributed by atoms with E-state index in [1.807, 2.05) is 0 Å². The predicted octanol–water partition coefficient (Wildman–Crippen LogP) is 9.32. The van der Waals surface area contributed by atoms with Crippen molar-refractivity contribution < 1.29 is 45.1 Å². The van der Waals surface area contributed by atoms with Gasteiger partial charge in [-0.2, -0.15) is 0 Å². The van der Waals surface area contributed by atoms with Gasteiger partial charge in [0.1, 0.15) is 0 Å². The van der Waals surface area contributed by atoms with E-state index in [0.717, 1.165) is 7.25 Å². The van der Waals surface area contributed by atoms with E-state index in [0.29, 0.717) is 19.1 Å². The van der Waals surface area contributed by atoms with Crippen molar-refractivity contribution in [2.45, 2.75) is 80.7 Å². The Hall–Kier alpha value is -3.22. The largest absolute Gasteiger partial charge is 1.00 e. The van der Waals surface area contributed by atoms with Crippen LogP contribution in [0.25, 0.3) is 56.0 Å². The van der Waals surface area contributed by atoms with Crippen LogP contribution in [0.5, 0.6) is 0 Å². The summed E-state index contributed by atoms with van der Waals surface area (Å²) in [5.41, 5.74) is 15.7. The maximum atomic E-state index is 2.74. The first-order valence-electron chi connectivity index (χ1n) is 20.6. The molecule has 3 heteroatoms. The fourth-order valence-electron chi connectivity index (χ4n) is 12.0. The monoisotopic (exact) mass is 836 g/mol. The van der Waals surface area contributed by atoms with Gasteiger partial charge in [-0.3, -0.25) is 0 Å². The molecule has 10 rings (SSSR count). The summed E-state index contributed by atoms with van der Waals surface area (Å²) in [5, 5.41) is 5.41. The Kier molecular flexibility index (Phi) is 10.7. The SMILES string of the molecule is CC(C)CC1=Cc2c(-c3cccc4ccccc34)cccc2[CH]1[Zr+2]1([CH]2C(CC(C)C)=Cc3c(-c4cccc5ccccc45)cccc32)[CH]2CCCC[CH]21.[Cl-].[Cl-]. The van der Waals surface area contributed by atoms with Gasteiger partial charge in [-0.1, -0.05) is 0 Å². The third-order valence-electron chi connectivity index (χ3n) is 13.7. The molecule has 0 amide bonds. The summed E-state index contributed by atoms with van der Waals surface area (Å²) >= 11 is -3.18. The van der Waals surface area contributed by atoms with Crippen LogP contribution < -0.4 is 24.8 Å². The number of allylic oxidation sites excluding steroid dienone is 2. The van der Waals surface area contributed by atoms with E-state index in [-0.39, 0.29) is 24.8 Å². The summed E-state index contributed by atoms with van der Waals surface area (Å²) in [5.74, 6) is 1.28.